The fraction of sp³-hybridized carbons (Fsp3) is 0.438. The van der Waals surface area contributed by atoms with E-state index >= 15 is 4.39 Å². The van der Waals surface area contributed by atoms with Gasteiger partial charge in [-0.3, -0.25) is 0 Å². The summed E-state index contributed by atoms with van der Waals surface area (Å²) in [5.74, 6) is 1.04. The highest BCUT2D eigenvalue weighted by atomic mass is 35.5. The Morgan fingerprint density at radius 3 is 2.52 bits per heavy atom. The molecule has 2 unspecified atom stereocenters. The van der Waals surface area contributed by atoms with Gasteiger partial charge in [0.05, 0.1) is 5.02 Å². The molecule has 6 rings (SSSR count). The highest BCUT2D eigenvalue weighted by molar-refractivity contribution is 6.35. The van der Waals surface area contributed by atoms with Crippen molar-refractivity contribution >= 4 is 39.1 Å². The Bertz CT molecular complexity index is 1530. The average Bonchev–Trinajstić information content (AvgIpc) is 3.30. The van der Waals surface area contributed by atoms with Crippen molar-refractivity contribution in [3.05, 3.63) is 59.1 Å². The number of hydrogen-bond acceptors (Lipinski definition) is 6. The first-order chi connectivity index (χ1) is 19.4. The minimum Gasteiger partial charge on any atom is -0.508 e. The SMILES string of the molecule is CCN(CC)CCCCc1nc(N2CC3CCC(C2)N3)c2cc(Cl)c(-c3cc(O)cc4ccccc34)c(F)c2n1. The van der Waals surface area contributed by atoms with Gasteiger partial charge in [0.25, 0.3) is 0 Å². The Kier molecular flexibility index (Phi) is 7.80. The number of piperazine rings is 1. The van der Waals surface area contributed by atoms with Crippen LogP contribution in [0.1, 0.15) is 45.4 Å². The highest BCUT2D eigenvalue weighted by Gasteiger charge is 2.34. The molecule has 2 atom stereocenters. The van der Waals surface area contributed by atoms with Gasteiger partial charge in [0, 0.05) is 42.5 Å². The lowest BCUT2D eigenvalue weighted by Crippen LogP contribution is -2.51. The number of anilines is 1. The van der Waals surface area contributed by atoms with E-state index in [1.165, 1.54) is 0 Å². The molecule has 2 N–H and O–H groups in total. The van der Waals surface area contributed by atoms with Gasteiger partial charge in [0.15, 0.2) is 5.82 Å². The summed E-state index contributed by atoms with van der Waals surface area (Å²) in [5, 5.41) is 16.7. The lowest BCUT2D eigenvalue weighted by molar-refractivity contribution is 0.296. The number of benzene rings is 3. The summed E-state index contributed by atoms with van der Waals surface area (Å²) in [7, 11) is 0. The zero-order chi connectivity index (χ0) is 27.8. The summed E-state index contributed by atoms with van der Waals surface area (Å²) < 4.78 is 16.7. The third-order valence-corrected chi connectivity index (χ3v) is 8.86. The predicted octanol–water partition coefficient (Wildman–Crippen LogP) is 6.55. The van der Waals surface area contributed by atoms with Crippen LogP contribution in [0.3, 0.4) is 0 Å². The molecule has 6 nitrogen and oxygen atoms in total. The molecule has 3 heterocycles. The highest BCUT2D eigenvalue weighted by Crippen LogP contribution is 2.42. The number of nitrogens with zero attached hydrogens (tertiary/aromatic N) is 4. The summed E-state index contributed by atoms with van der Waals surface area (Å²) >= 11 is 6.86. The molecule has 210 valence electrons. The third kappa shape index (κ3) is 5.22. The normalized spacial score (nSPS) is 18.9. The van der Waals surface area contributed by atoms with Crippen LogP contribution in [-0.4, -0.2) is 64.8 Å². The number of nitrogens with one attached hydrogen (secondary N) is 1. The Hall–Kier alpha value is -3.00. The first kappa shape index (κ1) is 27.2. The molecule has 0 amide bonds. The van der Waals surface area contributed by atoms with Crippen molar-refractivity contribution in [1.29, 1.82) is 0 Å². The Morgan fingerprint density at radius 2 is 1.77 bits per heavy atom. The molecule has 0 spiro atoms. The number of phenols is 1. The summed E-state index contributed by atoms with van der Waals surface area (Å²) in [6.07, 6.45) is 4.96. The fourth-order valence-corrected chi connectivity index (χ4v) is 6.75. The molecule has 0 saturated carbocycles. The van der Waals surface area contributed by atoms with Gasteiger partial charge in [-0.15, -0.1) is 0 Å². The standard InChI is InChI=1S/C32H37ClFN5O/c1-3-38(4-2)14-8-7-11-28-36-31-26(32(37-28)39-18-21-12-13-22(19-39)35-21)17-27(33)29(30(31)34)25-16-23(40)15-20-9-5-6-10-24(20)25/h5-6,9-10,15-17,21-22,35,40H,3-4,7-8,11-14,18-19H2,1-2H3. The molecule has 4 aromatic rings. The van der Waals surface area contributed by atoms with Crippen LogP contribution in [0, 0.1) is 5.82 Å². The van der Waals surface area contributed by atoms with Gasteiger partial charge in [-0.1, -0.05) is 49.7 Å². The maximum atomic E-state index is 16.7. The number of hydrogen-bond donors (Lipinski definition) is 2. The lowest BCUT2D eigenvalue weighted by atomic mass is 9.96. The first-order valence-corrected chi connectivity index (χ1v) is 15.0. The monoisotopic (exact) mass is 561 g/mol. The van der Waals surface area contributed by atoms with Crippen LogP contribution in [0.4, 0.5) is 10.2 Å². The lowest BCUT2D eigenvalue weighted by Gasteiger charge is -2.34. The number of unbranched alkanes of at least 4 members (excludes halogenated alkanes) is 1. The maximum absolute atomic E-state index is 16.7. The van der Waals surface area contributed by atoms with E-state index in [2.05, 4.69) is 29.0 Å². The Morgan fingerprint density at radius 1 is 1.02 bits per heavy atom. The van der Waals surface area contributed by atoms with Crippen LogP contribution in [0.25, 0.3) is 32.8 Å². The molecule has 2 fully saturated rings. The first-order valence-electron chi connectivity index (χ1n) is 14.6. The summed E-state index contributed by atoms with van der Waals surface area (Å²) in [6, 6.07) is 13.6. The molecule has 2 aliphatic rings. The molecule has 2 saturated heterocycles. The van der Waals surface area contributed by atoms with Gasteiger partial charge < -0.3 is 20.2 Å². The zero-order valence-corrected chi connectivity index (χ0v) is 24.0. The van der Waals surface area contributed by atoms with E-state index in [0.717, 1.165) is 75.0 Å². The number of rotatable bonds is 9. The molecule has 2 aliphatic heterocycles. The van der Waals surface area contributed by atoms with Crippen LogP contribution < -0.4 is 10.2 Å². The van der Waals surface area contributed by atoms with E-state index in [1.807, 2.05) is 30.3 Å². The van der Waals surface area contributed by atoms with Gasteiger partial charge in [0.2, 0.25) is 0 Å². The predicted molar refractivity (Wildman–Crippen MR) is 162 cm³/mol. The van der Waals surface area contributed by atoms with Gasteiger partial charge in [-0.2, -0.15) is 0 Å². The molecule has 0 radical (unpaired) electrons. The van der Waals surface area contributed by atoms with Gasteiger partial charge in [-0.05, 0) is 79.9 Å². The zero-order valence-electron chi connectivity index (χ0n) is 23.3. The van der Waals surface area contributed by atoms with E-state index in [4.69, 9.17) is 21.6 Å². The van der Waals surface area contributed by atoms with Crippen molar-refractivity contribution in [1.82, 2.24) is 20.2 Å². The topological polar surface area (TPSA) is 64.5 Å². The van der Waals surface area contributed by atoms with E-state index in [1.54, 1.807) is 12.1 Å². The van der Waals surface area contributed by atoms with Crippen molar-refractivity contribution < 1.29 is 9.50 Å². The summed E-state index contributed by atoms with van der Waals surface area (Å²) in [6.45, 7) is 9.15. The van der Waals surface area contributed by atoms with Crippen LogP contribution in [0.15, 0.2) is 42.5 Å². The largest absolute Gasteiger partial charge is 0.508 e. The fourth-order valence-electron chi connectivity index (χ4n) is 6.45. The molecular weight excluding hydrogens is 525 g/mol. The average molecular weight is 562 g/mol. The van der Waals surface area contributed by atoms with E-state index in [0.29, 0.717) is 40.8 Å². The number of aromatic hydroxyl groups is 1. The summed E-state index contributed by atoms with van der Waals surface area (Å²) in [4.78, 5) is 14.5. The van der Waals surface area contributed by atoms with E-state index in [-0.39, 0.29) is 16.3 Å². The van der Waals surface area contributed by atoms with Crippen molar-refractivity contribution in [3.63, 3.8) is 0 Å². The molecule has 40 heavy (non-hydrogen) atoms. The van der Waals surface area contributed by atoms with Crippen molar-refractivity contribution in [3.8, 4) is 16.9 Å². The molecule has 1 aromatic heterocycles. The second-order valence-electron chi connectivity index (χ2n) is 11.1. The second-order valence-corrected chi connectivity index (χ2v) is 11.6. The van der Waals surface area contributed by atoms with Crippen molar-refractivity contribution in [2.45, 2.75) is 58.0 Å². The van der Waals surface area contributed by atoms with E-state index < -0.39 is 5.82 Å². The number of aryl methyl sites for hydroxylation is 1. The quantitative estimate of drug-likeness (QED) is 0.226. The number of fused-ring (bicyclic) bond motifs is 4. The Balaban J connectivity index is 1.45. The second kappa shape index (κ2) is 11.5. The van der Waals surface area contributed by atoms with Crippen LogP contribution in [0.5, 0.6) is 5.75 Å². The minimum atomic E-state index is -0.468. The molecule has 8 heteroatoms. The van der Waals surface area contributed by atoms with Crippen LogP contribution >= 0.6 is 11.6 Å². The molecule has 0 aliphatic carbocycles. The van der Waals surface area contributed by atoms with Crippen molar-refractivity contribution in [2.75, 3.05) is 37.6 Å². The number of phenolic OH excluding ortho intramolecular Hbond substituents is 1. The molecule has 2 bridgehead atoms. The summed E-state index contributed by atoms with van der Waals surface area (Å²) in [5.41, 5.74) is 1.11. The minimum absolute atomic E-state index is 0.0674. The maximum Gasteiger partial charge on any atom is 0.158 e. The van der Waals surface area contributed by atoms with Gasteiger partial charge in [-0.25, -0.2) is 14.4 Å². The Labute approximate surface area is 240 Å². The van der Waals surface area contributed by atoms with Crippen LogP contribution in [0.2, 0.25) is 5.02 Å². The van der Waals surface area contributed by atoms with Crippen LogP contribution in [-0.2, 0) is 6.42 Å². The third-order valence-electron chi connectivity index (χ3n) is 8.56. The number of halogens is 2. The van der Waals surface area contributed by atoms with Crippen molar-refractivity contribution in [2.24, 2.45) is 0 Å². The molecular formula is C32H37ClFN5O. The van der Waals surface area contributed by atoms with E-state index in [9.17, 15) is 5.11 Å². The van der Waals surface area contributed by atoms with Gasteiger partial charge in [0.1, 0.15) is 22.9 Å². The molecule has 3 aromatic carbocycles. The number of aromatic nitrogens is 2. The smallest absolute Gasteiger partial charge is 0.158 e. The van der Waals surface area contributed by atoms with Gasteiger partial charge >= 0.3 is 0 Å².